The molecule has 0 fully saturated rings. The molecule has 0 radical (unpaired) electrons. The van der Waals surface area contributed by atoms with Crippen molar-refractivity contribution in [2.75, 3.05) is 5.32 Å². The van der Waals surface area contributed by atoms with E-state index in [2.05, 4.69) is 26.2 Å². The molecule has 0 aliphatic carbocycles. The van der Waals surface area contributed by atoms with Gasteiger partial charge in [-0.3, -0.25) is 0 Å². The van der Waals surface area contributed by atoms with Crippen LogP contribution < -0.4 is 5.32 Å². The highest BCUT2D eigenvalue weighted by Gasteiger charge is 2.14. The Labute approximate surface area is 115 Å². The van der Waals surface area contributed by atoms with E-state index >= 15 is 0 Å². The van der Waals surface area contributed by atoms with Crippen molar-refractivity contribution in [3.8, 4) is 0 Å². The average molecular weight is 331 g/mol. The molecule has 0 bridgehead atoms. The van der Waals surface area contributed by atoms with E-state index in [-0.39, 0.29) is 11.5 Å². The zero-order valence-electron chi connectivity index (χ0n) is 9.20. The number of carbonyl (C=O) groups is 1. The lowest BCUT2D eigenvalue weighted by molar-refractivity contribution is 0.0690. The van der Waals surface area contributed by atoms with E-state index in [1.807, 2.05) is 0 Å². The number of aromatic nitrogens is 1. The molecule has 94 valence electrons. The standard InChI is InChI=1S/C11H8BrFN2O2S/c1-5-9(10(16)17)15-11(18-5)14-8-3-2-6(13)4-7(8)12/h2-4H,1H3,(H,14,15)(H,16,17). The highest BCUT2D eigenvalue weighted by Crippen LogP contribution is 2.30. The van der Waals surface area contributed by atoms with Gasteiger partial charge in [0, 0.05) is 9.35 Å². The van der Waals surface area contributed by atoms with Gasteiger partial charge in [-0.05, 0) is 41.1 Å². The van der Waals surface area contributed by atoms with Crippen molar-refractivity contribution in [3.63, 3.8) is 0 Å². The summed E-state index contributed by atoms with van der Waals surface area (Å²) >= 11 is 4.45. The number of nitrogens with one attached hydrogen (secondary N) is 1. The van der Waals surface area contributed by atoms with Crippen LogP contribution in [0.3, 0.4) is 0 Å². The smallest absolute Gasteiger partial charge is 0.355 e. The molecule has 1 aromatic heterocycles. The van der Waals surface area contributed by atoms with E-state index in [0.29, 0.717) is 20.2 Å². The molecular weight excluding hydrogens is 323 g/mol. The Morgan fingerprint density at radius 1 is 1.56 bits per heavy atom. The minimum atomic E-state index is -1.06. The van der Waals surface area contributed by atoms with Crippen LogP contribution in [-0.2, 0) is 0 Å². The molecule has 4 nitrogen and oxygen atoms in total. The summed E-state index contributed by atoms with van der Waals surface area (Å²) < 4.78 is 13.5. The molecule has 0 atom stereocenters. The molecule has 1 heterocycles. The molecule has 2 aromatic rings. The number of carboxylic acid groups (broad SMARTS) is 1. The summed E-state index contributed by atoms with van der Waals surface area (Å²) in [5.41, 5.74) is 0.655. The number of hydrogen-bond acceptors (Lipinski definition) is 4. The molecule has 2 N–H and O–H groups in total. The second kappa shape index (κ2) is 5.03. The lowest BCUT2D eigenvalue weighted by Crippen LogP contribution is -1.99. The second-order valence-corrected chi connectivity index (χ2v) is 5.54. The Morgan fingerprint density at radius 2 is 2.28 bits per heavy atom. The van der Waals surface area contributed by atoms with E-state index in [1.165, 1.54) is 23.5 Å². The molecule has 18 heavy (non-hydrogen) atoms. The van der Waals surface area contributed by atoms with Crippen LogP contribution in [-0.4, -0.2) is 16.1 Å². The quantitative estimate of drug-likeness (QED) is 0.898. The molecule has 0 saturated carbocycles. The van der Waals surface area contributed by atoms with Gasteiger partial charge in [0.15, 0.2) is 10.8 Å². The first kappa shape index (κ1) is 13.0. The number of hydrogen-bond donors (Lipinski definition) is 2. The van der Waals surface area contributed by atoms with E-state index in [4.69, 9.17) is 5.11 Å². The van der Waals surface area contributed by atoms with Gasteiger partial charge >= 0.3 is 5.97 Å². The van der Waals surface area contributed by atoms with Crippen LogP contribution in [0.5, 0.6) is 0 Å². The fourth-order valence-corrected chi connectivity index (χ4v) is 2.62. The highest BCUT2D eigenvalue weighted by molar-refractivity contribution is 9.10. The normalized spacial score (nSPS) is 10.4. The van der Waals surface area contributed by atoms with E-state index in [0.717, 1.165) is 0 Å². The SMILES string of the molecule is Cc1sc(Nc2ccc(F)cc2Br)nc1C(=O)O. The minimum absolute atomic E-state index is 0.0285. The molecular formula is C11H8BrFN2O2S. The summed E-state index contributed by atoms with van der Waals surface area (Å²) in [6.45, 7) is 1.69. The third-order valence-electron chi connectivity index (χ3n) is 2.17. The third kappa shape index (κ3) is 2.68. The maximum Gasteiger partial charge on any atom is 0.355 e. The number of carboxylic acids is 1. The van der Waals surface area contributed by atoms with E-state index in [1.54, 1.807) is 13.0 Å². The summed E-state index contributed by atoms with van der Waals surface area (Å²) in [5, 5.41) is 12.3. The zero-order valence-corrected chi connectivity index (χ0v) is 11.6. The third-order valence-corrected chi connectivity index (χ3v) is 3.71. The summed E-state index contributed by atoms with van der Waals surface area (Å²) in [7, 11) is 0. The Bertz CT molecular complexity index is 615. The predicted molar refractivity (Wildman–Crippen MR) is 71.2 cm³/mol. The van der Waals surface area contributed by atoms with Crippen LogP contribution in [0.15, 0.2) is 22.7 Å². The first-order valence-corrected chi connectivity index (χ1v) is 6.51. The first-order valence-electron chi connectivity index (χ1n) is 4.90. The Hall–Kier alpha value is -1.47. The van der Waals surface area contributed by atoms with Crippen LogP contribution in [0.4, 0.5) is 15.2 Å². The Balaban J connectivity index is 2.29. The number of thiazole rings is 1. The van der Waals surface area contributed by atoms with E-state index in [9.17, 15) is 9.18 Å². The number of halogens is 2. The topological polar surface area (TPSA) is 62.2 Å². The van der Waals surface area contributed by atoms with Crippen molar-refractivity contribution in [2.24, 2.45) is 0 Å². The summed E-state index contributed by atoms with van der Waals surface area (Å²) in [6.07, 6.45) is 0. The summed E-state index contributed by atoms with van der Waals surface area (Å²) in [5.74, 6) is -1.41. The molecule has 7 heteroatoms. The van der Waals surface area contributed by atoms with Crippen molar-refractivity contribution in [2.45, 2.75) is 6.92 Å². The largest absolute Gasteiger partial charge is 0.476 e. The van der Waals surface area contributed by atoms with Gasteiger partial charge in [0.05, 0.1) is 5.69 Å². The van der Waals surface area contributed by atoms with Crippen molar-refractivity contribution in [1.29, 1.82) is 0 Å². The second-order valence-electron chi connectivity index (χ2n) is 3.48. The number of rotatable bonds is 3. The van der Waals surface area contributed by atoms with Gasteiger partial charge in [0.1, 0.15) is 5.82 Å². The molecule has 1 aromatic carbocycles. The maximum atomic E-state index is 12.9. The van der Waals surface area contributed by atoms with Crippen LogP contribution >= 0.6 is 27.3 Å². The Kier molecular flexibility index (Phi) is 3.63. The molecule has 0 aliphatic heterocycles. The van der Waals surface area contributed by atoms with Crippen LogP contribution in [0, 0.1) is 12.7 Å². The average Bonchev–Trinajstić information content (AvgIpc) is 2.64. The maximum absolute atomic E-state index is 12.9. The fraction of sp³-hybridized carbons (Fsp3) is 0.0909. The van der Waals surface area contributed by atoms with Crippen LogP contribution in [0.25, 0.3) is 0 Å². The van der Waals surface area contributed by atoms with Crippen molar-refractivity contribution >= 4 is 44.1 Å². The van der Waals surface area contributed by atoms with Crippen LogP contribution in [0.2, 0.25) is 0 Å². The molecule has 2 rings (SSSR count). The summed E-state index contributed by atoms with van der Waals surface area (Å²) in [4.78, 5) is 15.4. The number of aryl methyl sites for hydroxylation is 1. The van der Waals surface area contributed by atoms with Crippen molar-refractivity contribution < 1.29 is 14.3 Å². The van der Waals surface area contributed by atoms with Gasteiger partial charge in [-0.2, -0.15) is 0 Å². The van der Waals surface area contributed by atoms with Gasteiger partial charge in [-0.1, -0.05) is 0 Å². The van der Waals surface area contributed by atoms with Crippen LogP contribution in [0.1, 0.15) is 15.4 Å². The van der Waals surface area contributed by atoms with E-state index < -0.39 is 5.97 Å². The number of nitrogens with zero attached hydrogens (tertiary/aromatic N) is 1. The number of benzene rings is 1. The zero-order chi connectivity index (χ0) is 13.3. The molecule has 0 amide bonds. The lowest BCUT2D eigenvalue weighted by atomic mass is 10.3. The van der Waals surface area contributed by atoms with Gasteiger partial charge in [0.2, 0.25) is 0 Å². The van der Waals surface area contributed by atoms with Crippen molar-refractivity contribution in [3.05, 3.63) is 39.1 Å². The predicted octanol–water partition coefficient (Wildman–Crippen LogP) is 3.79. The van der Waals surface area contributed by atoms with Gasteiger partial charge in [0.25, 0.3) is 0 Å². The number of anilines is 2. The van der Waals surface area contributed by atoms with Crippen molar-refractivity contribution in [1.82, 2.24) is 4.98 Å². The summed E-state index contributed by atoms with van der Waals surface area (Å²) in [6, 6.07) is 4.18. The highest BCUT2D eigenvalue weighted by atomic mass is 79.9. The molecule has 0 aliphatic rings. The Morgan fingerprint density at radius 3 is 2.83 bits per heavy atom. The monoisotopic (exact) mass is 330 g/mol. The van der Waals surface area contributed by atoms with Gasteiger partial charge < -0.3 is 10.4 Å². The van der Waals surface area contributed by atoms with Gasteiger partial charge in [-0.15, -0.1) is 11.3 Å². The molecule has 0 spiro atoms. The lowest BCUT2D eigenvalue weighted by Gasteiger charge is -2.04. The molecule has 0 unspecified atom stereocenters. The first-order chi connectivity index (χ1) is 8.47. The molecule has 0 saturated heterocycles. The van der Waals surface area contributed by atoms with Gasteiger partial charge in [-0.25, -0.2) is 14.2 Å². The number of aromatic carboxylic acids is 1. The minimum Gasteiger partial charge on any atom is -0.476 e. The fourth-order valence-electron chi connectivity index (χ4n) is 1.35.